The van der Waals surface area contributed by atoms with Gasteiger partial charge in [0.2, 0.25) is 0 Å². The number of nitrogen functional groups attached to an aromatic ring is 1. The van der Waals surface area contributed by atoms with Gasteiger partial charge in [0.1, 0.15) is 17.5 Å². The number of anilines is 2. The number of para-hydroxylation sites is 1. The molecule has 1 amide bonds. The molecular formula is C14H13N5O2. The van der Waals surface area contributed by atoms with Crippen molar-refractivity contribution in [3.05, 3.63) is 47.8 Å². The molecule has 0 bridgehead atoms. The Morgan fingerprint density at radius 2 is 2.24 bits per heavy atom. The molecular weight excluding hydrogens is 270 g/mol. The summed E-state index contributed by atoms with van der Waals surface area (Å²) in [5.74, 6) is 5.32. The highest BCUT2D eigenvalue weighted by atomic mass is 16.5. The molecule has 2 aromatic rings. The highest BCUT2D eigenvalue weighted by Gasteiger charge is 2.16. The van der Waals surface area contributed by atoms with Crippen molar-refractivity contribution in [1.82, 2.24) is 4.98 Å². The third-order valence-corrected chi connectivity index (χ3v) is 2.83. The van der Waals surface area contributed by atoms with Gasteiger partial charge in [0.05, 0.1) is 30.1 Å². The lowest BCUT2D eigenvalue weighted by molar-refractivity contribution is 0.102. The molecule has 0 saturated carbocycles. The van der Waals surface area contributed by atoms with Crippen molar-refractivity contribution >= 4 is 17.3 Å². The van der Waals surface area contributed by atoms with Crippen LogP contribution < -0.4 is 21.3 Å². The zero-order valence-electron chi connectivity index (χ0n) is 11.3. The topological polar surface area (TPSA) is 113 Å². The number of carbonyl (C=O) groups is 1. The van der Waals surface area contributed by atoms with Crippen LogP contribution in [0.4, 0.5) is 11.4 Å². The van der Waals surface area contributed by atoms with E-state index in [0.717, 1.165) is 0 Å². The molecule has 0 radical (unpaired) electrons. The molecule has 0 fully saturated rings. The molecule has 0 unspecified atom stereocenters. The van der Waals surface area contributed by atoms with Gasteiger partial charge in [-0.05, 0) is 18.2 Å². The standard InChI is InChI=1S/C14H13N5O2/c1-21-12-4-2-3-9(7-15)13(12)18-14(20)10-5-6-17-8-11(10)19-16/h2-6,8,19H,16H2,1H3,(H,18,20). The number of nitrogens with one attached hydrogen (secondary N) is 2. The minimum Gasteiger partial charge on any atom is -0.495 e. The van der Waals surface area contributed by atoms with E-state index in [-0.39, 0.29) is 0 Å². The van der Waals surface area contributed by atoms with Crippen molar-refractivity contribution in [2.75, 3.05) is 17.9 Å². The monoisotopic (exact) mass is 283 g/mol. The second-order valence-electron chi connectivity index (χ2n) is 4.01. The van der Waals surface area contributed by atoms with Crippen LogP contribution in [0.3, 0.4) is 0 Å². The zero-order chi connectivity index (χ0) is 15.2. The summed E-state index contributed by atoms with van der Waals surface area (Å²) in [4.78, 5) is 16.2. The molecule has 0 aliphatic heterocycles. The van der Waals surface area contributed by atoms with Gasteiger partial charge in [0, 0.05) is 6.20 Å². The fraction of sp³-hybridized carbons (Fsp3) is 0.0714. The summed E-state index contributed by atoms with van der Waals surface area (Å²) < 4.78 is 5.16. The SMILES string of the molecule is COc1cccc(C#N)c1NC(=O)c1ccncc1NN. The summed E-state index contributed by atoms with van der Waals surface area (Å²) in [5.41, 5.74) is 3.70. The van der Waals surface area contributed by atoms with E-state index in [0.29, 0.717) is 28.3 Å². The smallest absolute Gasteiger partial charge is 0.258 e. The fourth-order valence-electron chi connectivity index (χ4n) is 1.81. The average molecular weight is 283 g/mol. The van der Waals surface area contributed by atoms with Crippen molar-refractivity contribution in [3.8, 4) is 11.8 Å². The quantitative estimate of drug-likeness (QED) is 0.579. The predicted molar refractivity (Wildman–Crippen MR) is 77.7 cm³/mol. The first-order chi connectivity index (χ1) is 10.2. The van der Waals surface area contributed by atoms with Crippen LogP contribution in [-0.4, -0.2) is 18.0 Å². The molecule has 7 heteroatoms. The average Bonchev–Trinajstić information content (AvgIpc) is 2.54. The van der Waals surface area contributed by atoms with Crippen molar-refractivity contribution in [2.24, 2.45) is 5.84 Å². The molecule has 106 valence electrons. The van der Waals surface area contributed by atoms with Crippen LogP contribution in [0.1, 0.15) is 15.9 Å². The molecule has 4 N–H and O–H groups in total. The van der Waals surface area contributed by atoms with Crippen LogP contribution in [0.5, 0.6) is 5.75 Å². The Balaban J connectivity index is 2.39. The van der Waals surface area contributed by atoms with Gasteiger partial charge in [0.15, 0.2) is 0 Å². The van der Waals surface area contributed by atoms with E-state index in [1.807, 2.05) is 6.07 Å². The van der Waals surface area contributed by atoms with Crippen LogP contribution in [0, 0.1) is 11.3 Å². The summed E-state index contributed by atoms with van der Waals surface area (Å²) in [6.07, 6.45) is 2.91. The third-order valence-electron chi connectivity index (χ3n) is 2.83. The Kier molecular flexibility index (Phi) is 4.33. The lowest BCUT2D eigenvalue weighted by Gasteiger charge is -2.13. The first kappa shape index (κ1) is 14.3. The number of aromatic nitrogens is 1. The van der Waals surface area contributed by atoms with Crippen molar-refractivity contribution in [3.63, 3.8) is 0 Å². The number of carbonyl (C=O) groups excluding carboxylic acids is 1. The number of methoxy groups -OCH3 is 1. The van der Waals surface area contributed by atoms with Gasteiger partial charge in [-0.3, -0.25) is 15.6 Å². The van der Waals surface area contributed by atoms with E-state index >= 15 is 0 Å². The summed E-state index contributed by atoms with van der Waals surface area (Å²) in [6.45, 7) is 0. The van der Waals surface area contributed by atoms with Crippen LogP contribution in [0.2, 0.25) is 0 Å². The Bertz CT molecular complexity index is 709. The number of amides is 1. The molecule has 7 nitrogen and oxygen atoms in total. The van der Waals surface area contributed by atoms with E-state index in [9.17, 15) is 4.79 Å². The molecule has 0 aliphatic rings. The summed E-state index contributed by atoms with van der Waals surface area (Å²) in [7, 11) is 1.46. The number of nitrogens with zero attached hydrogens (tertiary/aromatic N) is 2. The Labute approximate surface area is 121 Å². The van der Waals surface area contributed by atoms with E-state index in [2.05, 4.69) is 15.7 Å². The first-order valence-corrected chi connectivity index (χ1v) is 6.00. The van der Waals surface area contributed by atoms with Gasteiger partial charge in [0.25, 0.3) is 5.91 Å². The molecule has 1 heterocycles. The first-order valence-electron chi connectivity index (χ1n) is 6.00. The largest absolute Gasteiger partial charge is 0.495 e. The number of pyridine rings is 1. The van der Waals surface area contributed by atoms with Gasteiger partial charge in [-0.15, -0.1) is 0 Å². The van der Waals surface area contributed by atoms with Crippen LogP contribution >= 0.6 is 0 Å². The normalized spacial score (nSPS) is 9.57. The number of hydrogen-bond acceptors (Lipinski definition) is 6. The van der Waals surface area contributed by atoms with Crippen LogP contribution in [-0.2, 0) is 0 Å². The van der Waals surface area contributed by atoms with Gasteiger partial charge >= 0.3 is 0 Å². The molecule has 0 atom stereocenters. The minimum absolute atomic E-state index is 0.305. The maximum Gasteiger partial charge on any atom is 0.258 e. The number of hydrogen-bond donors (Lipinski definition) is 3. The lowest BCUT2D eigenvalue weighted by atomic mass is 10.1. The number of benzene rings is 1. The molecule has 21 heavy (non-hydrogen) atoms. The number of hydrazine groups is 1. The van der Waals surface area contributed by atoms with E-state index in [1.165, 1.54) is 25.6 Å². The lowest BCUT2D eigenvalue weighted by Crippen LogP contribution is -2.18. The number of rotatable bonds is 4. The number of nitrogens with two attached hydrogens (primary N) is 1. The minimum atomic E-state index is -0.425. The van der Waals surface area contributed by atoms with Crippen molar-refractivity contribution < 1.29 is 9.53 Å². The van der Waals surface area contributed by atoms with Crippen molar-refractivity contribution in [2.45, 2.75) is 0 Å². The second kappa shape index (κ2) is 6.36. The molecule has 0 saturated heterocycles. The van der Waals surface area contributed by atoms with Crippen molar-refractivity contribution in [1.29, 1.82) is 5.26 Å². The van der Waals surface area contributed by atoms with Crippen LogP contribution in [0.25, 0.3) is 0 Å². The van der Waals surface area contributed by atoms with E-state index in [1.54, 1.807) is 18.2 Å². The summed E-state index contributed by atoms with van der Waals surface area (Å²) in [5, 5.41) is 11.8. The van der Waals surface area contributed by atoms with Gasteiger partial charge < -0.3 is 15.5 Å². The molecule has 0 spiro atoms. The maximum atomic E-state index is 12.3. The third kappa shape index (κ3) is 2.91. The van der Waals surface area contributed by atoms with E-state index in [4.69, 9.17) is 15.8 Å². The second-order valence-corrected chi connectivity index (χ2v) is 4.01. The molecule has 2 rings (SSSR count). The zero-order valence-corrected chi connectivity index (χ0v) is 11.3. The van der Waals surface area contributed by atoms with Crippen LogP contribution in [0.15, 0.2) is 36.7 Å². The number of nitriles is 1. The maximum absolute atomic E-state index is 12.3. The summed E-state index contributed by atoms with van der Waals surface area (Å²) >= 11 is 0. The van der Waals surface area contributed by atoms with E-state index < -0.39 is 5.91 Å². The highest BCUT2D eigenvalue weighted by molar-refractivity contribution is 6.09. The summed E-state index contributed by atoms with van der Waals surface area (Å²) in [6, 6.07) is 8.45. The Hall–Kier alpha value is -3.11. The predicted octanol–water partition coefficient (Wildman–Crippen LogP) is 1.50. The molecule has 0 aliphatic carbocycles. The van der Waals surface area contributed by atoms with Gasteiger partial charge in [-0.2, -0.15) is 5.26 Å². The fourth-order valence-corrected chi connectivity index (χ4v) is 1.81. The van der Waals surface area contributed by atoms with Gasteiger partial charge in [-0.25, -0.2) is 0 Å². The highest BCUT2D eigenvalue weighted by Crippen LogP contribution is 2.28. The van der Waals surface area contributed by atoms with Gasteiger partial charge in [-0.1, -0.05) is 6.07 Å². The number of ether oxygens (including phenoxy) is 1. The molecule has 1 aromatic carbocycles. The molecule has 1 aromatic heterocycles. The Morgan fingerprint density at radius 1 is 1.43 bits per heavy atom. The Morgan fingerprint density at radius 3 is 2.90 bits per heavy atom.